The number of thioether (sulfide) groups is 1. The van der Waals surface area contributed by atoms with E-state index in [0.717, 1.165) is 6.42 Å². The van der Waals surface area contributed by atoms with Crippen molar-refractivity contribution < 1.29 is 9.53 Å². The molecule has 6 nitrogen and oxygen atoms in total. The van der Waals surface area contributed by atoms with Crippen molar-refractivity contribution in [3.8, 4) is 0 Å². The summed E-state index contributed by atoms with van der Waals surface area (Å²) in [4.78, 5) is 22.9. The van der Waals surface area contributed by atoms with Gasteiger partial charge in [0.2, 0.25) is 0 Å². The Morgan fingerprint density at radius 1 is 1.56 bits per heavy atom. The molecule has 0 spiro atoms. The summed E-state index contributed by atoms with van der Waals surface area (Å²) in [6.45, 7) is 6.34. The first kappa shape index (κ1) is 14.8. The minimum absolute atomic E-state index is 0.0109. The molecule has 0 saturated carbocycles. The van der Waals surface area contributed by atoms with E-state index in [1.54, 1.807) is 11.5 Å². The maximum atomic E-state index is 11.5. The summed E-state index contributed by atoms with van der Waals surface area (Å²) >= 11 is 1.40. The smallest absolute Gasteiger partial charge is 0.343 e. The lowest BCUT2D eigenvalue weighted by Crippen LogP contribution is -2.23. The van der Waals surface area contributed by atoms with Crippen molar-refractivity contribution in [3.63, 3.8) is 0 Å². The number of methoxy groups -OCH3 is 1. The average molecular weight is 273 g/mol. The molecule has 0 radical (unpaired) electrons. The Bertz CT molecular complexity index is 455. The van der Waals surface area contributed by atoms with Crippen LogP contribution < -0.4 is 5.69 Å². The highest BCUT2D eigenvalue weighted by Gasteiger charge is 2.24. The van der Waals surface area contributed by atoms with Gasteiger partial charge in [0.25, 0.3) is 0 Å². The molecule has 1 rings (SSSR count). The summed E-state index contributed by atoms with van der Waals surface area (Å²) in [7, 11) is 1.37. The zero-order valence-electron chi connectivity index (χ0n) is 11.1. The molecule has 0 aromatic carbocycles. The van der Waals surface area contributed by atoms with Crippen LogP contribution in [-0.2, 0) is 16.1 Å². The van der Waals surface area contributed by atoms with Crippen LogP contribution in [0.15, 0.2) is 9.95 Å². The van der Waals surface area contributed by atoms with Crippen molar-refractivity contribution in [2.45, 2.75) is 44.1 Å². The third-order valence-electron chi connectivity index (χ3n) is 2.74. The molecule has 2 unspecified atom stereocenters. The minimum Gasteiger partial charge on any atom is -0.469 e. The molecule has 0 aliphatic rings. The lowest BCUT2D eigenvalue weighted by atomic mass is 10.1. The second kappa shape index (κ2) is 6.63. The van der Waals surface area contributed by atoms with Gasteiger partial charge in [-0.25, -0.2) is 9.89 Å². The molecule has 0 aliphatic heterocycles. The third-order valence-corrected chi connectivity index (χ3v) is 4.04. The zero-order chi connectivity index (χ0) is 13.7. The minimum atomic E-state index is -0.255. The molecule has 1 heterocycles. The molecule has 1 aromatic heterocycles. The van der Waals surface area contributed by atoms with Gasteiger partial charge in [0.15, 0.2) is 5.16 Å². The van der Waals surface area contributed by atoms with Gasteiger partial charge in [-0.15, -0.1) is 5.10 Å². The lowest BCUT2D eigenvalue weighted by Gasteiger charge is -2.16. The zero-order valence-corrected chi connectivity index (χ0v) is 11.9. The molecule has 0 bridgehead atoms. The van der Waals surface area contributed by atoms with Gasteiger partial charge in [0.1, 0.15) is 0 Å². The predicted molar refractivity (Wildman–Crippen MR) is 69.6 cm³/mol. The molecule has 1 N–H and O–H groups in total. The van der Waals surface area contributed by atoms with Crippen molar-refractivity contribution in [2.75, 3.05) is 7.11 Å². The number of H-pyrrole nitrogens is 1. The SMILES string of the molecule is CCCn1c(SC(C)C(C)C(=O)OC)n[nH]c1=O. The molecular formula is C11H19N3O3S. The van der Waals surface area contributed by atoms with E-state index in [1.807, 2.05) is 13.8 Å². The molecule has 2 atom stereocenters. The van der Waals surface area contributed by atoms with E-state index >= 15 is 0 Å². The van der Waals surface area contributed by atoms with Gasteiger partial charge < -0.3 is 4.74 Å². The van der Waals surface area contributed by atoms with Gasteiger partial charge in [0.05, 0.1) is 13.0 Å². The first-order chi connectivity index (χ1) is 8.51. The normalized spacial score (nSPS) is 14.2. The van der Waals surface area contributed by atoms with Gasteiger partial charge in [-0.05, 0) is 6.42 Å². The molecule has 102 valence electrons. The van der Waals surface area contributed by atoms with Crippen molar-refractivity contribution in [3.05, 3.63) is 10.5 Å². The van der Waals surface area contributed by atoms with E-state index in [1.165, 1.54) is 18.9 Å². The Balaban J connectivity index is 2.78. The van der Waals surface area contributed by atoms with E-state index in [9.17, 15) is 9.59 Å². The highest BCUT2D eigenvalue weighted by Crippen LogP contribution is 2.26. The first-order valence-electron chi connectivity index (χ1n) is 5.90. The number of hydrogen-bond donors (Lipinski definition) is 1. The van der Waals surface area contributed by atoms with Crippen molar-refractivity contribution in [1.29, 1.82) is 0 Å². The number of esters is 1. The number of nitrogens with zero attached hydrogens (tertiary/aromatic N) is 2. The summed E-state index contributed by atoms with van der Waals surface area (Å²) in [5, 5.41) is 7.01. The summed E-state index contributed by atoms with van der Waals surface area (Å²) in [6.07, 6.45) is 0.855. The van der Waals surface area contributed by atoms with Crippen LogP contribution in [0.3, 0.4) is 0 Å². The van der Waals surface area contributed by atoms with E-state index in [-0.39, 0.29) is 22.8 Å². The van der Waals surface area contributed by atoms with Crippen LogP contribution in [-0.4, -0.2) is 33.1 Å². The summed E-state index contributed by atoms with van der Waals surface area (Å²) in [5.41, 5.74) is -0.211. The molecule has 7 heteroatoms. The van der Waals surface area contributed by atoms with Gasteiger partial charge in [-0.2, -0.15) is 0 Å². The Kier molecular flexibility index (Phi) is 5.46. The summed E-state index contributed by atoms with van der Waals surface area (Å²) in [6, 6.07) is 0. The highest BCUT2D eigenvalue weighted by molar-refractivity contribution is 7.99. The predicted octanol–water partition coefficient (Wildman–Crippen LogP) is 1.27. The number of hydrogen-bond acceptors (Lipinski definition) is 5. The number of nitrogens with one attached hydrogen (secondary N) is 1. The number of carbonyl (C=O) groups is 1. The van der Waals surface area contributed by atoms with Crippen LogP contribution in [0.25, 0.3) is 0 Å². The Morgan fingerprint density at radius 2 is 2.22 bits per heavy atom. The Hall–Kier alpha value is -1.24. The average Bonchev–Trinajstić information content (AvgIpc) is 2.70. The van der Waals surface area contributed by atoms with Crippen LogP contribution in [0.2, 0.25) is 0 Å². The Morgan fingerprint density at radius 3 is 2.78 bits per heavy atom. The number of rotatable bonds is 6. The maximum absolute atomic E-state index is 11.5. The quantitative estimate of drug-likeness (QED) is 0.624. The molecule has 0 amide bonds. The second-order valence-electron chi connectivity index (χ2n) is 4.10. The second-order valence-corrected chi connectivity index (χ2v) is 5.44. The summed E-state index contributed by atoms with van der Waals surface area (Å²) in [5.74, 6) is -0.503. The fourth-order valence-electron chi connectivity index (χ4n) is 1.46. The van der Waals surface area contributed by atoms with Crippen molar-refractivity contribution >= 4 is 17.7 Å². The highest BCUT2D eigenvalue weighted by atomic mass is 32.2. The summed E-state index contributed by atoms with van der Waals surface area (Å²) < 4.78 is 6.29. The fraction of sp³-hybridized carbons (Fsp3) is 0.727. The lowest BCUT2D eigenvalue weighted by molar-refractivity contribution is -0.144. The van der Waals surface area contributed by atoms with Crippen LogP contribution in [0.5, 0.6) is 0 Å². The van der Waals surface area contributed by atoms with Crippen molar-refractivity contribution in [1.82, 2.24) is 14.8 Å². The molecule has 1 aromatic rings. The van der Waals surface area contributed by atoms with Crippen LogP contribution in [0, 0.1) is 5.92 Å². The van der Waals surface area contributed by atoms with Crippen LogP contribution in [0.1, 0.15) is 27.2 Å². The van der Waals surface area contributed by atoms with Crippen LogP contribution in [0.4, 0.5) is 0 Å². The van der Waals surface area contributed by atoms with Crippen molar-refractivity contribution in [2.24, 2.45) is 5.92 Å². The largest absolute Gasteiger partial charge is 0.469 e. The van der Waals surface area contributed by atoms with Crippen LogP contribution >= 0.6 is 11.8 Å². The van der Waals surface area contributed by atoms with E-state index in [4.69, 9.17) is 4.74 Å². The number of carbonyl (C=O) groups excluding carboxylic acids is 1. The maximum Gasteiger partial charge on any atom is 0.343 e. The van der Waals surface area contributed by atoms with E-state index in [2.05, 4.69) is 10.2 Å². The molecule has 0 aliphatic carbocycles. The number of ether oxygens (including phenoxy) is 1. The van der Waals surface area contributed by atoms with Gasteiger partial charge in [0, 0.05) is 11.8 Å². The molecule has 18 heavy (non-hydrogen) atoms. The molecule has 0 fully saturated rings. The van der Waals surface area contributed by atoms with Gasteiger partial charge in [-0.3, -0.25) is 9.36 Å². The number of aromatic nitrogens is 3. The van der Waals surface area contributed by atoms with E-state index < -0.39 is 0 Å². The fourth-order valence-corrected chi connectivity index (χ4v) is 2.51. The molecular weight excluding hydrogens is 254 g/mol. The monoisotopic (exact) mass is 273 g/mol. The molecule has 0 saturated heterocycles. The first-order valence-corrected chi connectivity index (χ1v) is 6.78. The van der Waals surface area contributed by atoms with Gasteiger partial charge >= 0.3 is 11.7 Å². The third kappa shape index (κ3) is 3.38. The topological polar surface area (TPSA) is 77.0 Å². The van der Waals surface area contributed by atoms with E-state index in [0.29, 0.717) is 11.7 Å². The van der Waals surface area contributed by atoms with Gasteiger partial charge in [-0.1, -0.05) is 32.5 Å². The number of aromatic amines is 1. The standard InChI is InChI=1S/C11H19N3O3S/c1-5-6-14-10(16)12-13-11(14)18-8(3)7(2)9(15)17-4/h7-8H,5-6H2,1-4H3,(H,12,16). The Labute approximate surface area is 110 Å².